The Bertz CT molecular complexity index is 1310. The van der Waals surface area contributed by atoms with Crippen LogP contribution in [0.2, 0.25) is 0 Å². The molecule has 5 nitrogen and oxygen atoms in total. The topological polar surface area (TPSA) is 61.2 Å². The molecule has 1 fully saturated rings. The normalized spacial score (nSPS) is 16.8. The number of fused-ring (bicyclic) bond motifs is 3. The Kier molecular flexibility index (Phi) is 4.83. The minimum Gasteiger partial charge on any atom is -0.381 e. The Hall–Kier alpha value is -2.70. The van der Waals surface area contributed by atoms with E-state index in [4.69, 9.17) is 4.74 Å². The minimum absolute atomic E-state index is 0.0779. The van der Waals surface area contributed by atoms with E-state index < -0.39 is 9.84 Å². The summed E-state index contributed by atoms with van der Waals surface area (Å²) in [4.78, 5) is 4.95. The molecule has 154 valence electrons. The van der Waals surface area contributed by atoms with Crippen LogP contribution in [0.5, 0.6) is 0 Å². The molecule has 0 amide bonds. The zero-order valence-electron chi connectivity index (χ0n) is 16.9. The maximum Gasteiger partial charge on any atom is 0.176 e. The summed E-state index contributed by atoms with van der Waals surface area (Å²) in [7, 11) is -3.40. The van der Waals surface area contributed by atoms with E-state index in [-0.39, 0.29) is 6.04 Å². The van der Waals surface area contributed by atoms with Crippen LogP contribution in [0.4, 0.5) is 0 Å². The van der Waals surface area contributed by atoms with Gasteiger partial charge in [0.05, 0.1) is 27.5 Å². The summed E-state index contributed by atoms with van der Waals surface area (Å²) in [5, 5.41) is 0.712. The van der Waals surface area contributed by atoms with E-state index in [0.29, 0.717) is 16.2 Å². The molecule has 1 atom stereocenters. The Balaban J connectivity index is 1.87. The Morgan fingerprint density at radius 1 is 0.967 bits per heavy atom. The number of rotatable bonds is 4. The second-order valence-corrected chi connectivity index (χ2v) is 9.95. The summed E-state index contributed by atoms with van der Waals surface area (Å²) in [6.45, 7) is 1.50. The van der Waals surface area contributed by atoms with Crippen molar-refractivity contribution >= 4 is 31.8 Å². The van der Waals surface area contributed by atoms with Gasteiger partial charge in [-0.25, -0.2) is 8.42 Å². The van der Waals surface area contributed by atoms with Crippen LogP contribution < -0.4 is 0 Å². The van der Waals surface area contributed by atoms with Crippen molar-refractivity contribution in [1.29, 1.82) is 0 Å². The highest BCUT2D eigenvalue weighted by atomic mass is 32.2. The zero-order valence-corrected chi connectivity index (χ0v) is 17.7. The van der Waals surface area contributed by atoms with Crippen molar-refractivity contribution < 1.29 is 13.2 Å². The van der Waals surface area contributed by atoms with Crippen molar-refractivity contribution in [3.05, 3.63) is 72.4 Å². The molecule has 3 heterocycles. The van der Waals surface area contributed by atoms with Gasteiger partial charge in [-0.15, -0.1) is 0 Å². The first-order valence-electron chi connectivity index (χ1n) is 10.3. The highest BCUT2D eigenvalue weighted by molar-refractivity contribution is 7.91. The molecule has 0 spiro atoms. The average molecular weight is 421 g/mol. The summed E-state index contributed by atoms with van der Waals surface area (Å²) >= 11 is 0. The molecule has 5 rings (SSSR count). The van der Waals surface area contributed by atoms with E-state index in [0.717, 1.165) is 42.6 Å². The first kappa shape index (κ1) is 19.3. The van der Waals surface area contributed by atoms with Crippen LogP contribution in [0.25, 0.3) is 21.9 Å². The summed E-state index contributed by atoms with van der Waals surface area (Å²) in [6.07, 6.45) is 4.93. The van der Waals surface area contributed by atoms with Crippen LogP contribution in [0.15, 0.2) is 71.8 Å². The molecule has 0 aliphatic carbocycles. The first-order valence-corrected chi connectivity index (χ1v) is 12.2. The van der Waals surface area contributed by atoms with Crippen LogP contribution >= 0.6 is 0 Å². The van der Waals surface area contributed by atoms with E-state index in [1.807, 2.05) is 30.3 Å². The van der Waals surface area contributed by atoms with Gasteiger partial charge in [-0.1, -0.05) is 36.4 Å². The maximum absolute atomic E-state index is 12.6. The van der Waals surface area contributed by atoms with Gasteiger partial charge < -0.3 is 9.30 Å². The fraction of sp³-hybridized carbons (Fsp3) is 0.292. The first-order chi connectivity index (χ1) is 14.6. The van der Waals surface area contributed by atoms with Crippen molar-refractivity contribution in [2.24, 2.45) is 5.92 Å². The SMILES string of the molecule is CS(=O)(=O)c1cccc2c1c1ncccc1n2[C@H](c1ccccc1)C1CCOCC1. The summed E-state index contributed by atoms with van der Waals surface area (Å²) in [5.41, 5.74) is 3.83. The van der Waals surface area contributed by atoms with E-state index in [1.54, 1.807) is 12.3 Å². The number of sulfone groups is 1. The third-order valence-electron chi connectivity index (χ3n) is 6.08. The Morgan fingerprint density at radius 3 is 2.43 bits per heavy atom. The predicted octanol–water partition coefficient (Wildman–Crippen LogP) is 4.61. The summed E-state index contributed by atoms with van der Waals surface area (Å²) in [6, 6.07) is 20.1. The highest BCUT2D eigenvalue weighted by Gasteiger charge is 2.31. The molecular formula is C24H24N2O3S. The zero-order chi connectivity index (χ0) is 20.7. The number of nitrogens with zero attached hydrogens (tertiary/aromatic N) is 2. The maximum atomic E-state index is 12.6. The van der Waals surface area contributed by atoms with Gasteiger partial charge in [0.1, 0.15) is 0 Å². The van der Waals surface area contributed by atoms with E-state index in [2.05, 4.69) is 33.8 Å². The fourth-order valence-electron chi connectivity index (χ4n) is 4.79. The van der Waals surface area contributed by atoms with Crippen molar-refractivity contribution in [1.82, 2.24) is 9.55 Å². The molecule has 0 N–H and O–H groups in total. The van der Waals surface area contributed by atoms with Crippen LogP contribution in [-0.4, -0.2) is 37.4 Å². The lowest BCUT2D eigenvalue weighted by atomic mass is 9.86. The van der Waals surface area contributed by atoms with E-state index >= 15 is 0 Å². The minimum atomic E-state index is -3.40. The van der Waals surface area contributed by atoms with Crippen LogP contribution in [-0.2, 0) is 14.6 Å². The number of pyridine rings is 1. The third-order valence-corrected chi connectivity index (χ3v) is 7.22. The molecule has 2 aromatic heterocycles. The van der Waals surface area contributed by atoms with Gasteiger partial charge in [-0.3, -0.25) is 4.98 Å². The van der Waals surface area contributed by atoms with Gasteiger partial charge in [0.2, 0.25) is 0 Å². The Morgan fingerprint density at radius 2 is 1.70 bits per heavy atom. The summed E-state index contributed by atoms with van der Waals surface area (Å²) < 4.78 is 33.1. The number of hydrogen-bond acceptors (Lipinski definition) is 4. The van der Waals surface area contributed by atoms with Gasteiger partial charge in [-0.05, 0) is 48.6 Å². The fourth-order valence-corrected chi connectivity index (χ4v) is 5.69. The van der Waals surface area contributed by atoms with Gasteiger partial charge in [0.15, 0.2) is 9.84 Å². The third kappa shape index (κ3) is 3.20. The number of hydrogen-bond donors (Lipinski definition) is 0. The van der Waals surface area contributed by atoms with Gasteiger partial charge in [-0.2, -0.15) is 0 Å². The van der Waals surface area contributed by atoms with E-state index in [9.17, 15) is 8.42 Å². The molecule has 1 aliphatic heterocycles. The molecule has 4 aromatic rings. The van der Waals surface area contributed by atoms with Crippen molar-refractivity contribution in [3.63, 3.8) is 0 Å². The molecule has 1 saturated heterocycles. The number of aromatic nitrogens is 2. The highest BCUT2D eigenvalue weighted by Crippen LogP contribution is 2.41. The largest absolute Gasteiger partial charge is 0.381 e. The quantitative estimate of drug-likeness (QED) is 0.484. The van der Waals surface area contributed by atoms with E-state index in [1.165, 1.54) is 11.8 Å². The monoisotopic (exact) mass is 420 g/mol. The molecule has 6 heteroatoms. The molecule has 0 radical (unpaired) electrons. The molecule has 1 aliphatic rings. The van der Waals surface area contributed by atoms with Crippen molar-refractivity contribution in [3.8, 4) is 0 Å². The number of benzene rings is 2. The molecule has 0 saturated carbocycles. The molecule has 0 unspecified atom stereocenters. The second kappa shape index (κ2) is 7.52. The average Bonchev–Trinajstić information content (AvgIpc) is 3.09. The lowest BCUT2D eigenvalue weighted by Crippen LogP contribution is -2.26. The van der Waals surface area contributed by atoms with Crippen LogP contribution in [0, 0.1) is 5.92 Å². The lowest BCUT2D eigenvalue weighted by molar-refractivity contribution is 0.0553. The van der Waals surface area contributed by atoms with Crippen LogP contribution in [0.1, 0.15) is 24.4 Å². The van der Waals surface area contributed by atoms with Gasteiger partial charge in [0, 0.05) is 31.1 Å². The summed E-state index contributed by atoms with van der Waals surface area (Å²) in [5.74, 6) is 0.391. The molecule has 0 bridgehead atoms. The molecular weight excluding hydrogens is 396 g/mol. The second-order valence-electron chi connectivity index (χ2n) is 7.97. The van der Waals surface area contributed by atoms with Gasteiger partial charge in [0.25, 0.3) is 0 Å². The molecule has 2 aromatic carbocycles. The van der Waals surface area contributed by atoms with Gasteiger partial charge >= 0.3 is 0 Å². The predicted molar refractivity (Wildman–Crippen MR) is 118 cm³/mol. The smallest absolute Gasteiger partial charge is 0.176 e. The lowest BCUT2D eigenvalue weighted by Gasteiger charge is -2.33. The van der Waals surface area contributed by atoms with Crippen LogP contribution in [0.3, 0.4) is 0 Å². The van der Waals surface area contributed by atoms with Crippen molar-refractivity contribution in [2.75, 3.05) is 19.5 Å². The molecule has 30 heavy (non-hydrogen) atoms. The van der Waals surface area contributed by atoms with Crippen molar-refractivity contribution in [2.45, 2.75) is 23.8 Å². The number of ether oxygens (including phenoxy) is 1. The Labute approximate surface area is 176 Å². The standard InChI is InChI=1S/C24H24N2O3S/c1-30(27,28)21-11-5-9-19-22(21)23-20(10-6-14-25-23)26(19)24(17-7-3-2-4-8-17)18-12-15-29-16-13-18/h2-11,14,18,24H,12-13,15-16H2,1H3/t24-/m1/s1.